The van der Waals surface area contributed by atoms with E-state index in [0.717, 1.165) is 5.56 Å². The summed E-state index contributed by atoms with van der Waals surface area (Å²) in [6, 6.07) is 9.49. The van der Waals surface area contributed by atoms with Gasteiger partial charge in [0.05, 0.1) is 0 Å². The van der Waals surface area contributed by atoms with E-state index in [-0.39, 0.29) is 5.82 Å². The van der Waals surface area contributed by atoms with Gasteiger partial charge in [0.15, 0.2) is 0 Å². The van der Waals surface area contributed by atoms with Gasteiger partial charge in [0.25, 0.3) is 5.89 Å². The van der Waals surface area contributed by atoms with Gasteiger partial charge in [0.2, 0.25) is 5.82 Å². The van der Waals surface area contributed by atoms with E-state index in [0.29, 0.717) is 17.3 Å². The highest BCUT2D eigenvalue weighted by Crippen LogP contribution is 2.21. The first-order valence-corrected chi connectivity index (χ1v) is 5.33. The van der Waals surface area contributed by atoms with Crippen LogP contribution in [0.5, 0.6) is 0 Å². The monoisotopic (exact) mass is 241 g/mol. The maximum absolute atomic E-state index is 12.8. The first-order chi connectivity index (χ1) is 8.83. The lowest BCUT2D eigenvalue weighted by Crippen LogP contribution is -1.82. The molecule has 0 fully saturated rings. The lowest BCUT2D eigenvalue weighted by atomic mass is 10.2. The summed E-state index contributed by atoms with van der Waals surface area (Å²) in [5, 5.41) is 3.86. The Kier molecular flexibility index (Phi) is 2.57. The molecule has 5 heteroatoms. The molecule has 0 aliphatic rings. The van der Waals surface area contributed by atoms with Gasteiger partial charge in [-0.2, -0.15) is 4.98 Å². The molecule has 1 aromatic carbocycles. The van der Waals surface area contributed by atoms with Crippen molar-refractivity contribution >= 4 is 0 Å². The fourth-order valence-corrected chi connectivity index (χ4v) is 1.55. The van der Waals surface area contributed by atoms with Crippen LogP contribution in [0.25, 0.3) is 22.8 Å². The summed E-state index contributed by atoms with van der Waals surface area (Å²) >= 11 is 0. The minimum Gasteiger partial charge on any atom is -0.334 e. The van der Waals surface area contributed by atoms with Gasteiger partial charge in [-0.05, 0) is 36.4 Å². The molecule has 0 bridgehead atoms. The molecule has 0 unspecified atom stereocenters. The number of hydrogen-bond acceptors (Lipinski definition) is 4. The van der Waals surface area contributed by atoms with E-state index >= 15 is 0 Å². The summed E-state index contributed by atoms with van der Waals surface area (Å²) in [5.74, 6) is 0.551. The Morgan fingerprint density at radius 2 is 1.61 bits per heavy atom. The summed E-state index contributed by atoms with van der Waals surface area (Å²) in [6.45, 7) is 0. The van der Waals surface area contributed by atoms with Crippen LogP contribution in [0.1, 0.15) is 0 Å². The quantitative estimate of drug-likeness (QED) is 0.692. The Balaban J connectivity index is 1.97. The molecular formula is C13H8FN3O. The molecule has 3 rings (SSSR count). The molecule has 2 aromatic heterocycles. The zero-order valence-corrected chi connectivity index (χ0v) is 9.25. The average molecular weight is 241 g/mol. The minimum absolute atomic E-state index is 0.295. The van der Waals surface area contributed by atoms with Crippen LogP contribution in [0.3, 0.4) is 0 Å². The molecule has 88 valence electrons. The Hall–Kier alpha value is -2.56. The average Bonchev–Trinajstić information content (AvgIpc) is 2.90. The molecule has 0 aliphatic carbocycles. The Morgan fingerprint density at radius 3 is 2.33 bits per heavy atom. The highest BCUT2D eigenvalue weighted by atomic mass is 19.1. The van der Waals surface area contributed by atoms with Crippen molar-refractivity contribution in [3.63, 3.8) is 0 Å². The molecule has 0 radical (unpaired) electrons. The van der Waals surface area contributed by atoms with Crippen LogP contribution in [0.15, 0.2) is 53.3 Å². The maximum Gasteiger partial charge on any atom is 0.258 e. The second-order valence-electron chi connectivity index (χ2n) is 3.67. The first kappa shape index (κ1) is 10.6. The Labute approximate surface area is 102 Å². The normalized spacial score (nSPS) is 10.5. The molecule has 0 amide bonds. The van der Waals surface area contributed by atoms with Crippen molar-refractivity contribution in [2.45, 2.75) is 0 Å². The molecule has 0 aliphatic heterocycles. The van der Waals surface area contributed by atoms with E-state index in [1.807, 2.05) is 0 Å². The van der Waals surface area contributed by atoms with Crippen molar-refractivity contribution in [2.75, 3.05) is 0 Å². The van der Waals surface area contributed by atoms with Crippen molar-refractivity contribution in [3.05, 3.63) is 54.6 Å². The van der Waals surface area contributed by atoms with E-state index in [1.165, 1.54) is 12.1 Å². The van der Waals surface area contributed by atoms with Crippen molar-refractivity contribution in [3.8, 4) is 22.8 Å². The smallest absolute Gasteiger partial charge is 0.258 e. The van der Waals surface area contributed by atoms with E-state index in [9.17, 15) is 4.39 Å². The van der Waals surface area contributed by atoms with Crippen LogP contribution in [0, 0.1) is 5.82 Å². The molecular weight excluding hydrogens is 233 g/mol. The van der Waals surface area contributed by atoms with E-state index in [4.69, 9.17) is 4.52 Å². The van der Waals surface area contributed by atoms with E-state index in [2.05, 4.69) is 15.1 Å². The van der Waals surface area contributed by atoms with Crippen LogP contribution in [-0.2, 0) is 0 Å². The van der Waals surface area contributed by atoms with Crippen LogP contribution in [0.2, 0.25) is 0 Å². The summed E-state index contributed by atoms with van der Waals surface area (Å²) < 4.78 is 18.0. The van der Waals surface area contributed by atoms with E-state index < -0.39 is 0 Å². The molecule has 0 saturated carbocycles. The van der Waals surface area contributed by atoms with Gasteiger partial charge in [-0.1, -0.05) is 5.16 Å². The fourth-order valence-electron chi connectivity index (χ4n) is 1.55. The largest absolute Gasteiger partial charge is 0.334 e. The van der Waals surface area contributed by atoms with Gasteiger partial charge in [0.1, 0.15) is 5.82 Å². The zero-order chi connectivity index (χ0) is 12.4. The van der Waals surface area contributed by atoms with Crippen molar-refractivity contribution in [1.29, 1.82) is 0 Å². The second kappa shape index (κ2) is 4.37. The van der Waals surface area contributed by atoms with Gasteiger partial charge in [-0.15, -0.1) is 0 Å². The predicted octanol–water partition coefficient (Wildman–Crippen LogP) is 2.94. The third kappa shape index (κ3) is 1.98. The number of rotatable bonds is 2. The van der Waals surface area contributed by atoms with Crippen LogP contribution in [-0.4, -0.2) is 15.1 Å². The van der Waals surface area contributed by atoms with Gasteiger partial charge in [0, 0.05) is 23.5 Å². The standard InChI is InChI=1S/C13H8FN3O/c14-11-3-1-9(2-4-11)12-16-13(18-17-12)10-5-7-15-8-6-10/h1-8H. The fraction of sp³-hybridized carbons (Fsp3) is 0. The predicted molar refractivity (Wildman–Crippen MR) is 62.9 cm³/mol. The topological polar surface area (TPSA) is 51.8 Å². The number of halogens is 1. The minimum atomic E-state index is -0.295. The highest BCUT2D eigenvalue weighted by molar-refractivity contribution is 5.59. The van der Waals surface area contributed by atoms with Crippen molar-refractivity contribution < 1.29 is 8.91 Å². The van der Waals surface area contributed by atoms with Gasteiger partial charge >= 0.3 is 0 Å². The van der Waals surface area contributed by atoms with Gasteiger partial charge in [-0.25, -0.2) is 4.39 Å². The third-order valence-corrected chi connectivity index (χ3v) is 2.46. The maximum atomic E-state index is 12.8. The second-order valence-corrected chi connectivity index (χ2v) is 3.67. The van der Waals surface area contributed by atoms with E-state index in [1.54, 1.807) is 36.7 Å². The molecule has 0 N–H and O–H groups in total. The molecule has 18 heavy (non-hydrogen) atoms. The lowest BCUT2D eigenvalue weighted by Gasteiger charge is -1.93. The van der Waals surface area contributed by atoms with Crippen LogP contribution >= 0.6 is 0 Å². The lowest BCUT2D eigenvalue weighted by molar-refractivity contribution is 0.432. The summed E-state index contributed by atoms with van der Waals surface area (Å²) in [7, 11) is 0. The van der Waals surface area contributed by atoms with Crippen LogP contribution < -0.4 is 0 Å². The van der Waals surface area contributed by atoms with Crippen molar-refractivity contribution in [1.82, 2.24) is 15.1 Å². The molecule has 0 saturated heterocycles. The first-order valence-electron chi connectivity index (χ1n) is 5.33. The number of pyridine rings is 1. The summed E-state index contributed by atoms with van der Waals surface area (Å²) in [5.41, 5.74) is 1.51. The Morgan fingerprint density at radius 1 is 0.889 bits per heavy atom. The zero-order valence-electron chi connectivity index (χ0n) is 9.25. The number of benzene rings is 1. The van der Waals surface area contributed by atoms with Gasteiger partial charge < -0.3 is 4.52 Å². The Bertz CT molecular complexity index is 650. The molecule has 4 nitrogen and oxygen atoms in total. The number of hydrogen-bond donors (Lipinski definition) is 0. The summed E-state index contributed by atoms with van der Waals surface area (Å²) in [6.07, 6.45) is 3.30. The SMILES string of the molecule is Fc1ccc(-c2noc(-c3ccncc3)n2)cc1. The van der Waals surface area contributed by atoms with Gasteiger partial charge in [-0.3, -0.25) is 4.98 Å². The molecule has 0 atom stereocenters. The third-order valence-electron chi connectivity index (χ3n) is 2.46. The van der Waals surface area contributed by atoms with Crippen LogP contribution in [0.4, 0.5) is 4.39 Å². The number of nitrogens with zero attached hydrogens (tertiary/aromatic N) is 3. The van der Waals surface area contributed by atoms with Crippen molar-refractivity contribution in [2.24, 2.45) is 0 Å². The highest BCUT2D eigenvalue weighted by Gasteiger charge is 2.10. The summed E-state index contributed by atoms with van der Waals surface area (Å²) in [4.78, 5) is 8.17. The molecule has 3 aromatic rings. The molecule has 2 heterocycles. The molecule has 0 spiro atoms. The number of aromatic nitrogens is 3.